The maximum atomic E-state index is 2.53. The summed E-state index contributed by atoms with van der Waals surface area (Å²) < 4.78 is 0. The average Bonchev–Trinajstić information content (AvgIpc) is 2.84. The molecule has 2 rings (SSSR count). The summed E-state index contributed by atoms with van der Waals surface area (Å²) in [6.07, 6.45) is 11.5. The van der Waals surface area contributed by atoms with Gasteiger partial charge in [-0.2, -0.15) is 0 Å². The third-order valence-corrected chi connectivity index (χ3v) is 3.99. The standard InChI is InChI=1S/C18H28N2/c1-3-5-9-13-19-14-15-20(18(19)10-4-2)16-17-11-7-6-8-12-17/h6-8,11-12,14-15,18H,3-5,9-10,13,16H2,1-2H3. The molecule has 1 aliphatic heterocycles. The highest BCUT2D eigenvalue weighted by molar-refractivity contribution is 5.15. The lowest BCUT2D eigenvalue weighted by atomic mass is 10.1. The van der Waals surface area contributed by atoms with Crippen molar-refractivity contribution in [3.63, 3.8) is 0 Å². The normalized spacial score (nSPS) is 18.0. The van der Waals surface area contributed by atoms with Gasteiger partial charge in [-0.15, -0.1) is 0 Å². The molecule has 1 aliphatic rings. The van der Waals surface area contributed by atoms with Crippen molar-refractivity contribution in [1.29, 1.82) is 0 Å². The van der Waals surface area contributed by atoms with Crippen LogP contribution in [0.2, 0.25) is 0 Å². The van der Waals surface area contributed by atoms with Crippen LogP contribution in [-0.2, 0) is 6.54 Å². The lowest BCUT2D eigenvalue weighted by molar-refractivity contribution is 0.134. The Morgan fingerprint density at radius 3 is 2.35 bits per heavy atom. The molecule has 1 heterocycles. The molecule has 0 spiro atoms. The number of unbranched alkanes of at least 4 members (excludes halogenated alkanes) is 2. The third-order valence-electron chi connectivity index (χ3n) is 3.99. The van der Waals surface area contributed by atoms with Gasteiger partial charge in [0, 0.05) is 25.5 Å². The van der Waals surface area contributed by atoms with Crippen molar-refractivity contribution >= 4 is 0 Å². The molecule has 0 aliphatic carbocycles. The van der Waals surface area contributed by atoms with E-state index in [4.69, 9.17) is 0 Å². The van der Waals surface area contributed by atoms with Crippen LogP contribution in [0, 0.1) is 0 Å². The lowest BCUT2D eigenvalue weighted by Crippen LogP contribution is -2.38. The Kier molecular flexibility index (Phi) is 5.97. The fraction of sp³-hybridized carbons (Fsp3) is 0.556. The molecule has 2 heteroatoms. The Morgan fingerprint density at radius 2 is 1.65 bits per heavy atom. The molecule has 0 N–H and O–H groups in total. The van der Waals surface area contributed by atoms with Crippen molar-refractivity contribution < 1.29 is 0 Å². The van der Waals surface area contributed by atoms with Crippen LogP contribution in [0.15, 0.2) is 42.7 Å². The lowest BCUT2D eigenvalue weighted by Gasteiger charge is -2.33. The molecule has 20 heavy (non-hydrogen) atoms. The van der Waals surface area contributed by atoms with Crippen LogP contribution in [0.5, 0.6) is 0 Å². The monoisotopic (exact) mass is 272 g/mol. The van der Waals surface area contributed by atoms with Gasteiger partial charge in [-0.05, 0) is 18.4 Å². The van der Waals surface area contributed by atoms with Gasteiger partial charge in [0.1, 0.15) is 6.17 Å². The van der Waals surface area contributed by atoms with Gasteiger partial charge in [0.15, 0.2) is 0 Å². The second-order valence-corrected chi connectivity index (χ2v) is 5.67. The maximum Gasteiger partial charge on any atom is 0.101 e. The van der Waals surface area contributed by atoms with E-state index >= 15 is 0 Å². The Labute approximate surface area is 124 Å². The first-order chi connectivity index (χ1) is 9.85. The zero-order valence-corrected chi connectivity index (χ0v) is 13.0. The minimum atomic E-state index is 0.553. The van der Waals surface area contributed by atoms with E-state index < -0.39 is 0 Å². The van der Waals surface area contributed by atoms with Gasteiger partial charge >= 0.3 is 0 Å². The van der Waals surface area contributed by atoms with E-state index in [9.17, 15) is 0 Å². The van der Waals surface area contributed by atoms with E-state index in [1.165, 1.54) is 44.2 Å². The van der Waals surface area contributed by atoms with Gasteiger partial charge in [0.05, 0.1) is 0 Å². The zero-order valence-electron chi connectivity index (χ0n) is 13.0. The van der Waals surface area contributed by atoms with Gasteiger partial charge in [0.25, 0.3) is 0 Å². The Morgan fingerprint density at radius 1 is 0.900 bits per heavy atom. The summed E-state index contributed by atoms with van der Waals surface area (Å²) in [7, 11) is 0. The van der Waals surface area contributed by atoms with Crippen LogP contribution < -0.4 is 0 Å². The molecule has 0 aromatic heterocycles. The number of nitrogens with zero attached hydrogens (tertiary/aromatic N) is 2. The van der Waals surface area contributed by atoms with Crippen LogP contribution in [-0.4, -0.2) is 22.5 Å². The summed E-state index contributed by atoms with van der Waals surface area (Å²) in [6, 6.07) is 10.8. The number of hydrogen-bond donors (Lipinski definition) is 0. The number of hydrogen-bond acceptors (Lipinski definition) is 2. The highest BCUT2D eigenvalue weighted by Gasteiger charge is 2.24. The first kappa shape index (κ1) is 15.0. The fourth-order valence-corrected chi connectivity index (χ4v) is 2.87. The summed E-state index contributed by atoms with van der Waals surface area (Å²) in [5, 5.41) is 0. The van der Waals surface area contributed by atoms with Gasteiger partial charge in [-0.1, -0.05) is 63.4 Å². The second kappa shape index (κ2) is 7.98. The van der Waals surface area contributed by atoms with Crippen molar-refractivity contribution in [2.24, 2.45) is 0 Å². The van der Waals surface area contributed by atoms with Crippen molar-refractivity contribution in [2.75, 3.05) is 6.54 Å². The fourth-order valence-electron chi connectivity index (χ4n) is 2.87. The molecule has 0 fully saturated rings. The van der Waals surface area contributed by atoms with Crippen molar-refractivity contribution in [2.45, 2.75) is 58.7 Å². The molecule has 0 amide bonds. The van der Waals surface area contributed by atoms with Crippen LogP contribution in [0.25, 0.3) is 0 Å². The zero-order chi connectivity index (χ0) is 14.2. The summed E-state index contributed by atoms with van der Waals surface area (Å²) in [5.41, 5.74) is 1.40. The summed E-state index contributed by atoms with van der Waals surface area (Å²) in [5.74, 6) is 0. The molecule has 110 valence electrons. The molecule has 1 aromatic rings. The van der Waals surface area contributed by atoms with Crippen molar-refractivity contribution in [1.82, 2.24) is 9.80 Å². The molecule has 0 bridgehead atoms. The van der Waals surface area contributed by atoms with E-state index in [1.54, 1.807) is 0 Å². The van der Waals surface area contributed by atoms with E-state index in [-0.39, 0.29) is 0 Å². The van der Waals surface area contributed by atoms with Gasteiger partial charge in [-0.3, -0.25) is 0 Å². The van der Waals surface area contributed by atoms with E-state index in [0.29, 0.717) is 6.17 Å². The summed E-state index contributed by atoms with van der Waals surface area (Å²) in [4.78, 5) is 5.02. The first-order valence-electron chi connectivity index (χ1n) is 8.09. The molecule has 0 radical (unpaired) electrons. The molecule has 2 nitrogen and oxygen atoms in total. The SMILES string of the molecule is CCCCCN1C=CN(Cc2ccccc2)C1CCC. The Hall–Kier alpha value is -1.44. The molecular weight excluding hydrogens is 244 g/mol. The van der Waals surface area contributed by atoms with Crippen LogP contribution in [0.1, 0.15) is 51.5 Å². The predicted molar refractivity (Wildman–Crippen MR) is 86.1 cm³/mol. The first-order valence-corrected chi connectivity index (χ1v) is 8.09. The van der Waals surface area contributed by atoms with Crippen LogP contribution in [0.4, 0.5) is 0 Å². The van der Waals surface area contributed by atoms with Gasteiger partial charge < -0.3 is 9.80 Å². The minimum absolute atomic E-state index is 0.553. The Balaban J connectivity index is 1.93. The number of benzene rings is 1. The van der Waals surface area contributed by atoms with Crippen molar-refractivity contribution in [3.05, 3.63) is 48.3 Å². The van der Waals surface area contributed by atoms with E-state index in [0.717, 1.165) is 6.54 Å². The predicted octanol–water partition coefficient (Wildman–Crippen LogP) is 4.59. The summed E-state index contributed by atoms with van der Waals surface area (Å²) >= 11 is 0. The largest absolute Gasteiger partial charge is 0.356 e. The van der Waals surface area contributed by atoms with Gasteiger partial charge in [-0.25, -0.2) is 0 Å². The summed E-state index contributed by atoms with van der Waals surface area (Å²) in [6.45, 7) is 6.76. The molecule has 0 saturated carbocycles. The second-order valence-electron chi connectivity index (χ2n) is 5.67. The number of rotatable bonds is 8. The molecular formula is C18H28N2. The highest BCUT2D eigenvalue weighted by Crippen LogP contribution is 2.23. The third kappa shape index (κ3) is 4.03. The van der Waals surface area contributed by atoms with Crippen molar-refractivity contribution in [3.8, 4) is 0 Å². The maximum absolute atomic E-state index is 2.53. The van der Waals surface area contributed by atoms with E-state index in [1.807, 2.05) is 0 Å². The average molecular weight is 272 g/mol. The van der Waals surface area contributed by atoms with Crippen LogP contribution >= 0.6 is 0 Å². The van der Waals surface area contributed by atoms with Gasteiger partial charge in [0.2, 0.25) is 0 Å². The van der Waals surface area contributed by atoms with E-state index in [2.05, 4.69) is 66.4 Å². The smallest absolute Gasteiger partial charge is 0.101 e. The van der Waals surface area contributed by atoms with Crippen LogP contribution in [0.3, 0.4) is 0 Å². The molecule has 0 saturated heterocycles. The Bertz CT molecular complexity index is 399. The molecule has 1 aromatic carbocycles. The quantitative estimate of drug-likeness (QED) is 0.639. The minimum Gasteiger partial charge on any atom is -0.356 e. The molecule has 1 atom stereocenters. The molecule has 1 unspecified atom stereocenters. The highest BCUT2D eigenvalue weighted by atomic mass is 15.4. The topological polar surface area (TPSA) is 6.48 Å².